The Labute approximate surface area is 100 Å². The molecule has 1 aromatic carbocycles. The SMILES string of the molecule is OCCCCCNCc1cc(F)ccc1Cl. The second kappa shape index (κ2) is 7.60. The number of aliphatic hydroxyl groups is 1. The smallest absolute Gasteiger partial charge is 0.123 e. The maximum Gasteiger partial charge on any atom is 0.123 e. The third-order valence-corrected chi connectivity index (χ3v) is 2.70. The van der Waals surface area contributed by atoms with Gasteiger partial charge in [-0.3, -0.25) is 0 Å². The average molecular weight is 246 g/mol. The fourth-order valence-electron chi connectivity index (χ4n) is 1.44. The van der Waals surface area contributed by atoms with Gasteiger partial charge < -0.3 is 10.4 Å². The van der Waals surface area contributed by atoms with Gasteiger partial charge in [-0.05, 0) is 49.6 Å². The highest BCUT2D eigenvalue weighted by Crippen LogP contribution is 2.16. The monoisotopic (exact) mass is 245 g/mol. The Morgan fingerprint density at radius 1 is 1.25 bits per heavy atom. The molecule has 4 heteroatoms. The molecule has 0 amide bonds. The van der Waals surface area contributed by atoms with Gasteiger partial charge in [-0.2, -0.15) is 0 Å². The predicted octanol–water partition coefficient (Wildman–Crippen LogP) is 2.73. The largest absolute Gasteiger partial charge is 0.396 e. The summed E-state index contributed by atoms with van der Waals surface area (Å²) in [4.78, 5) is 0. The zero-order valence-corrected chi connectivity index (χ0v) is 9.93. The zero-order chi connectivity index (χ0) is 11.8. The topological polar surface area (TPSA) is 32.3 Å². The van der Waals surface area contributed by atoms with Gasteiger partial charge in [-0.1, -0.05) is 11.6 Å². The Bertz CT molecular complexity index is 320. The minimum atomic E-state index is -0.263. The van der Waals surface area contributed by atoms with Gasteiger partial charge in [0, 0.05) is 18.2 Å². The van der Waals surface area contributed by atoms with Crippen LogP contribution >= 0.6 is 11.6 Å². The quantitative estimate of drug-likeness (QED) is 0.724. The lowest BCUT2D eigenvalue weighted by molar-refractivity contribution is 0.283. The Hall–Kier alpha value is -0.640. The molecule has 1 rings (SSSR count). The van der Waals surface area contributed by atoms with Crippen molar-refractivity contribution in [3.63, 3.8) is 0 Å². The summed E-state index contributed by atoms with van der Waals surface area (Å²) in [7, 11) is 0. The van der Waals surface area contributed by atoms with Gasteiger partial charge in [0.15, 0.2) is 0 Å². The normalized spacial score (nSPS) is 10.7. The Kier molecular flexibility index (Phi) is 6.38. The lowest BCUT2D eigenvalue weighted by atomic mass is 10.2. The molecule has 0 saturated carbocycles. The van der Waals surface area contributed by atoms with Gasteiger partial charge >= 0.3 is 0 Å². The fraction of sp³-hybridized carbons (Fsp3) is 0.500. The number of unbranched alkanes of at least 4 members (excludes halogenated alkanes) is 2. The molecule has 0 aliphatic heterocycles. The van der Waals surface area contributed by atoms with Crippen LogP contribution in [-0.4, -0.2) is 18.3 Å². The van der Waals surface area contributed by atoms with Crippen LogP contribution in [0.3, 0.4) is 0 Å². The molecule has 0 fully saturated rings. The third-order valence-electron chi connectivity index (χ3n) is 2.33. The molecule has 16 heavy (non-hydrogen) atoms. The predicted molar refractivity (Wildman–Crippen MR) is 64.1 cm³/mol. The summed E-state index contributed by atoms with van der Waals surface area (Å²) in [6.45, 7) is 1.68. The molecule has 0 spiro atoms. The molecule has 0 atom stereocenters. The van der Waals surface area contributed by atoms with Gasteiger partial charge in [0.2, 0.25) is 0 Å². The number of halogens is 2. The second-order valence-corrected chi connectivity index (χ2v) is 4.10. The molecule has 0 unspecified atom stereocenters. The van der Waals surface area contributed by atoms with E-state index in [1.165, 1.54) is 12.1 Å². The van der Waals surface area contributed by atoms with Crippen molar-refractivity contribution in [1.29, 1.82) is 0 Å². The van der Waals surface area contributed by atoms with Crippen molar-refractivity contribution in [1.82, 2.24) is 5.32 Å². The lowest BCUT2D eigenvalue weighted by Gasteiger charge is -2.06. The van der Waals surface area contributed by atoms with Gasteiger partial charge in [0.1, 0.15) is 5.82 Å². The number of hydrogen-bond acceptors (Lipinski definition) is 2. The summed E-state index contributed by atoms with van der Waals surface area (Å²) >= 11 is 5.92. The molecule has 0 bridgehead atoms. The summed E-state index contributed by atoms with van der Waals surface area (Å²) in [5.41, 5.74) is 0.781. The maximum absolute atomic E-state index is 12.9. The average Bonchev–Trinajstić information content (AvgIpc) is 2.28. The molecule has 2 nitrogen and oxygen atoms in total. The van der Waals surface area contributed by atoms with Crippen LogP contribution in [0.25, 0.3) is 0 Å². The van der Waals surface area contributed by atoms with Gasteiger partial charge in [-0.25, -0.2) is 4.39 Å². The van der Waals surface area contributed by atoms with Crippen LogP contribution in [-0.2, 0) is 6.54 Å². The minimum Gasteiger partial charge on any atom is -0.396 e. The maximum atomic E-state index is 12.9. The Balaban J connectivity index is 2.23. The molecule has 0 aromatic heterocycles. The van der Waals surface area contributed by atoms with Crippen LogP contribution in [0.4, 0.5) is 4.39 Å². The van der Waals surface area contributed by atoms with E-state index in [0.717, 1.165) is 31.4 Å². The summed E-state index contributed by atoms with van der Waals surface area (Å²) in [6.07, 6.45) is 2.84. The first-order valence-electron chi connectivity index (χ1n) is 5.49. The fourth-order valence-corrected chi connectivity index (χ4v) is 1.62. The molecule has 2 N–H and O–H groups in total. The number of benzene rings is 1. The van der Waals surface area contributed by atoms with Gasteiger partial charge in [-0.15, -0.1) is 0 Å². The van der Waals surface area contributed by atoms with E-state index in [0.29, 0.717) is 11.6 Å². The van der Waals surface area contributed by atoms with Crippen molar-refractivity contribution in [3.8, 4) is 0 Å². The van der Waals surface area contributed by atoms with Gasteiger partial charge in [0.25, 0.3) is 0 Å². The van der Waals surface area contributed by atoms with Crippen LogP contribution in [0.5, 0.6) is 0 Å². The zero-order valence-electron chi connectivity index (χ0n) is 9.18. The number of rotatable bonds is 7. The van der Waals surface area contributed by atoms with Crippen LogP contribution < -0.4 is 5.32 Å². The summed E-state index contributed by atoms with van der Waals surface area (Å²) in [5, 5.41) is 12.4. The highest BCUT2D eigenvalue weighted by Gasteiger charge is 2.01. The lowest BCUT2D eigenvalue weighted by Crippen LogP contribution is -2.15. The van der Waals surface area contributed by atoms with E-state index in [4.69, 9.17) is 16.7 Å². The van der Waals surface area contributed by atoms with Gasteiger partial charge in [0.05, 0.1) is 0 Å². The molecule has 0 radical (unpaired) electrons. The minimum absolute atomic E-state index is 0.246. The van der Waals surface area contributed by atoms with Crippen LogP contribution in [0.2, 0.25) is 5.02 Å². The van der Waals surface area contributed by atoms with E-state index in [1.54, 1.807) is 6.07 Å². The molecule has 1 aromatic rings. The number of aliphatic hydroxyl groups excluding tert-OH is 1. The van der Waals surface area contributed by atoms with Crippen LogP contribution in [0, 0.1) is 5.82 Å². The van der Waals surface area contributed by atoms with Crippen molar-refractivity contribution in [3.05, 3.63) is 34.6 Å². The molecular weight excluding hydrogens is 229 g/mol. The molecule has 0 aliphatic rings. The molecule has 0 aliphatic carbocycles. The standard InChI is InChI=1S/C12H17ClFNO/c13-12-5-4-11(14)8-10(12)9-15-6-2-1-3-7-16/h4-5,8,15-16H,1-3,6-7,9H2. The Morgan fingerprint density at radius 3 is 2.81 bits per heavy atom. The van der Waals surface area contributed by atoms with Crippen molar-refractivity contribution in [2.24, 2.45) is 0 Å². The van der Waals surface area contributed by atoms with Crippen molar-refractivity contribution in [2.75, 3.05) is 13.2 Å². The summed E-state index contributed by atoms with van der Waals surface area (Å²) in [5.74, 6) is -0.263. The first-order valence-corrected chi connectivity index (χ1v) is 5.87. The van der Waals surface area contributed by atoms with E-state index in [9.17, 15) is 4.39 Å². The molecular formula is C12H17ClFNO. The van der Waals surface area contributed by atoms with E-state index < -0.39 is 0 Å². The van der Waals surface area contributed by atoms with E-state index >= 15 is 0 Å². The van der Waals surface area contributed by atoms with Crippen molar-refractivity contribution in [2.45, 2.75) is 25.8 Å². The highest BCUT2D eigenvalue weighted by atomic mass is 35.5. The molecule has 0 heterocycles. The summed E-state index contributed by atoms with van der Waals surface area (Å²) < 4.78 is 12.9. The number of hydrogen-bond donors (Lipinski definition) is 2. The first kappa shape index (κ1) is 13.4. The van der Waals surface area contributed by atoms with E-state index in [1.807, 2.05) is 0 Å². The van der Waals surface area contributed by atoms with E-state index in [-0.39, 0.29) is 12.4 Å². The van der Waals surface area contributed by atoms with Crippen LogP contribution in [0.1, 0.15) is 24.8 Å². The van der Waals surface area contributed by atoms with Crippen molar-refractivity contribution >= 4 is 11.6 Å². The Morgan fingerprint density at radius 2 is 2.06 bits per heavy atom. The second-order valence-electron chi connectivity index (χ2n) is 3.70. The highest BCUT2D eigenvalue weighted by molar-refractivity contribution is 6.31. The first-order chi connectivity index (χ1) is 7.74. The molecule has 90 valence electrons. The summed E-state index contributed by atoms with van der Waals surface area (Å²) in [6, 6.07) is 4.37. The van der Waals surface area contributed by atoms with Crippen LogP contribution in [0.15, 0.2) is 18.2 Å². The number of nitrogens with one attached hydrogen (secondary N) is 1. The molecule has 0 saturated heterocycles. The third kappa shape index (κ3) is 4.92. The van der Waals surface area contributed by atoms with Crippen molar-refractivity contribution < 1.29 is 9.50 Å². The van der Waals surface area contributed by atoms with E-state index in [2.05, 4.69) is 5.32 Å².